The van der Waals surface area contributed by atoms with Crippen LogP contribution in [0.5, 0.6) is 0 Å². The van der Waals surface area contributed by atoms with Crippen LogP contribution >= 0.6 is 11.8 Å². The Kier molecular flexibility index (Phi) is 5.73. The summed E-state index contributed by atoms with van der Waals surface area (Å²) in [5.41, 5.74) is 0. The summed E-state index contributed by atoms with van der Waals surface area (Å²) in [6.07, 6.45) is 1.31. The highest BCUT2D eigenvalue weighted by Crippen LogP contribution is 2.12. The van der Waals surface area contributed by atoms with E-state index in [2.05, 4.69) is 26.5 Å². The van der Waals surface area contributed by atoms with Gasteiger partial charge in [0.05, 0.1) is 0 Å². The van der Waals surface area contributed by atoms with Gasteiger partial charge in [0, 0.05) is 5.75 Å². The summed E-state index contributed by atoms with van der Waals surface area (Å²) in [5.74, 6) is 4.33. The second-order valence-electron chi connectivity index (χ2n) is 2.08. The third-order valence-corrected chi connectivity index (χ3v) is 2.34. The third-order valence-electron chi connectivity index (χ3n) is 1.24. The number of hydrogen-bond donors (Lipinski definition) is 0. The van der Waals surface area contributed by atoms with Crippen molar-refractivity contribution in [3.63, 3.8) is 0 Å². The Morgan fingerprint density at radius 1 is 1.62 bits per heavy atom. The Labute approximate surface area is 57.1 Å². The largest absolute Gasteiger partial charge is 0.157 e. The molecular weight excluding hydrogens is 116 g/mol. The van der Waals surface area contributed by atoms with Crippen molar-refractivity contribution in [3.8, 4) is 0 Å². The number of hydrogen-bond acceptors (Lipinski definition) is 1. The molecule has 0 amide bonds. The maximum absolute atomic E-state index is 2.29. The first-order chi connectivity index (χ1) is 3.81. The van der Waals surface area contributed by atoms with E-state index in [-0.39, 0.29) is 0 Å². The zero-order valence-electron chi connectivity index (χ0n) is 5.98. The van der Waals surface area contributed by atoms with Crippen molar-refractivity contribution >= 4 is 11.8 Å². The molecule has 8 heavy (non-hydrogen) atoms. The van der Waals surface area contributed by atoms with Crippen LogP contribution in [0.4, 0.5) is 0 Å². The molecule has 0 aliphatic heterocycles. The van der Waals surface area contributed by atoms with Gasteiger partial charge in [-0.05, 0) is 11.7 Å². The maximum atomic E-state index is 2.29. The van der Waals surface area contributed by atoms with Gasteiger partial charge in [-0.1, -0.05) is 27.2 Å². The van der Waals surface area contributed by atoms with Gasteiger partial charge in [-0.3, -0.25) is 0 Å². The second-order valence-corrected chi connectivity index (χ2v) is 3.22. The summed E-state index contributed by atoms with van der Waals surface area (Å²) in [7, 11) is 0. The molecule has 0 spiro atoms. The van der Waals surface area contributed by atoms with Gasteiger partial charge in [-0.15, -0.1) is 0 Å². The Hall–Kier alpha value is 0.350. The molecule has 0 N–H and O–H groups in total. The summed E-state index contributed by atoms with van der Waals surface area (Å²) < 4.78 is 0. The van der Waals surface area contributed by atoms with E-state index < -0.39 is 0 Å². The van der Waals surface area contributed by atoms with Crippen molar-refractivity contribution in [1.82, 2.24) is 0 Å². The fraction of sp³-hybridized carbons (Fsp3) is 0.857. The van der Waals surface area contributed by atoms with Crippen molar-refractivity contribution in [3.05, 3.63) is 5.75 Å². The van der Waals surface area contributed by atoms with Crippen molar-refractivity contribution < 1.29 is 0 Å². The first-order valence-electron chi connectivity index (χ1n) is 3.20. The van der Waals surface area contributed by atoms with Crippen LogP contribution in [0.3, 0.4) is 0 Å². The molecule has 0 aromatic rings. The lowest BCUT2D eigenvalue weighted by Crippen LogP contribution is -1.93. The van der Waals surface area contributed by atoms with E-state index in [1.54, 1.807) is 0 Å². The molecule has 0 heterocycles. The molecule has 0 saturated heterocycles. The van der Waals surface area contributed by atoms with E-state index in [0.29, 0.717) is 0 Å². The Morgan fingerprint density at radius 3 is 2.62 bits per heavy atom. The van der Waals surface area contributed by atoms with Crippen molar-refractivity contribution in [2.45, 2.75) is 27.2 Å². The van der Waals surface area contributed by atoms with Crippen molar-refractivity contribution in [1.29, 1.82) is 0 Å². The predicted octanol–water partition coefficient (Wildman–Crippen LogP) is 2.95. The first kappa shape index (κ1) is 8.35. The van der Waals surface area contributed by atoms with Gasteiger partial charge in [-0.2, -0.15) is 11.8 Å². The smallest absolute Gasteiger partial charge is 0.0135 e. The van der Waals surface area contributed by atoms with E-state index in [1.165, 1.54) is 12.2 Å². The Bertz CT molecular complexity index is 43.7. The van der Waals surface area contributed by atoms with Gasteiger partial charge in [0.1, 0.15) is 0 Å². The first-order valence-corrected chi connectivity index (χ1v) is 4.25. The van der Waals surface area contributed by atoms with Crippen LogP contribution in [0.25, 0.3) is 0 Å². The van der Waals surface area contributed by atoms with Crippen LogP contribution in [0, 0.1) is 11.7 Å². The minimum absolute atomic E-state index is 0.885. The van der Waals surface area contributed by atoms with Crippen molar-refractivity contribution in [2.75, 3.05) is 5.75 Å². The van der Waals surface area contributed by atoms with Gasteiger partial charge >= 0.3 is 0 Å². The van der Waals surface area contributed by atoms with Crippen molar-refractivity contribution in [2.24, 2.45) is 5.92 Å². The molecule has 0 rings (SSSR count). The molecule has 0 bridgehead atoms. The SMILES string of the molecule is C[CH]SCC(C)CC. The monoisotopic (exact) mass is 131 g/mol. The van der Waals surface area contributed by atoms with Crippen LogP contribution in [0.2, 0.25) is 0 Å². The molecule has 0 saturated carbocycles. The fourth-order valence-electron chi connectivity index (χ4n) is 0.378. The molecule has 0 aliphatic rings. The zero-order valence-corrected chi connectivity index (χ0v) is 6.79. The highest BCUT2D eigenvalue weighted by atomic mass is 32.2. The topological polar surface area (TPSA) is 0 Å². The zero-order chi connectivity index (χ0) is 6.41. The molecule has 0 nitrogen and oxygen atoms in total. The fourth-order valence-corrected chi connectivity index (χ4v) is 1.14. The summed E-state index contributed by atoms with van der Waals surface area (Å²) in [6.45, 7) is 6.62. The molecular formula is C7H15S. The molecule has 1 radical (unpaired) electrons. The number of thioether (sulfide) groups is 1. The van der Waals surface area contributed by atoms with Crippen LogP contribution in [-0.4, -0.2) is 5.75 Å². The molecule has 1 atom stereocenters. The van der Waals surface area contributed by atoms with E-state index in [4.69, 9.17) is 0 Å². The van der Waals surface area contributed by atoms with Gasteiger partial charge in [-0.25, -0.2) is 0 Å². The highest BCUT2D eigenvalue weighted by molar-refractivity contribution is 8.01. The lowest BCUT2D eigenvalue weighted by atomic mass is 10.2. The van der Waals surface area contributed by atoms with Gasteiger partial charge in [0.2, 0.25) is 0 Å². The molecule has 0 aromatic heterocycles. The molecule has 1 heteroatoms. The van der Waals surface area contributed by atoms with Gasteiger partial charge in [0.15, 0.2) is 0 Å². The highest BCUT2D eigenvalue weighted by Gasteiger charge is 1.95. The van der Waals surface area contributed by atoms with Crippen LogP contribution in [-0.2, 0) is 0 Å². The summed E-state index contributed by atoms with van der Waals surface area (Å²) in [5, 5.41) is 0. The standard InChI is InChI=1S/C7H15S/c1-4-7(3)6-8-5-2/h5,7H,4,6H2,1-3H3. The van der Waals surface area contributed by atoms with Gasteiger partial charge in [0.25, 0.3) is 0 Å². The number of rotatable bonds is 4. The second kappa shape index (κ2) is 5.49. The normalized spacial score (nSPS) is 13.9. The summed E-state index contributed by atoms with van der Waals surface area (Å²) >= 11 is 1.92. The summed E-state index contributed by atoms with van der Waals surface area (Å²) in [4.78, 5) is 0. The minimum atomic E-state index is 0.885. The van der Waals surface area contributed by atoms with E-state index in [0.717, 1.165) is 5.92 Å². The Balaban J connectivity index is 2.86. The molecule has 1 unspecified atom stereocenters. The molecule has 0 fully saturated rings. The van der Waals surface area contributed by atoms with E-state index in [1.807, 2.05) is 11.8 Å². The van der Waals surface area contributed by atoms with Crippen LogP contribution in [0.15, 0.2) is 0 Å². The van der Waals surface area contributed by atoms with E-state index >= 15 is 0 Å². The molecule has 0 aromatic carbocycles. The molecule has 49 valence electrons. The minimum Gasteiger partial charge on any atom is -0.157 e. The van der Waals surface area contributed by atoms with Crippen LogP contribution in [0.1, 0.15) is 27.2 Å². The lowest BCUT2D eigenvalue weighted by Gasteiger charge is -2.04. The van der Waals surface area contributed by atoms with Crippen LogP contribution < -0.4 is 0 Å². The van der Waals surface area contributed by atoms with Gasteiger partial charge < -0.3 is 0 Å². The predicted molar refractivity (Wildman–Crippen MR) is 41.9 cm³/mol. The summed E-state index contributed by atoms with van der Waals surface area (Å²) in [6, 6.07) is 0. The third kappa shape index (κ3) is 4.51. The Morgan fingerprint density at radius 2 is 2.25 bits per heavy atom. The average Bonchev–Trinajstić information content (AvgIpc) is 1.83. The lowest BCUT2D eigenvalue weighted by molar-refractivity contribution is 0.637. The molecule has 0 aliphatic carbocycles. The maximum Gasteiger partial charge on any atom is 0.0135 e. The van der Waals surface area contributed by atoms with E-state index in [9.17, 15) is 0 Å². The average molecular weight is 131 g/mol. The quantitative estimate of drug-likeness (QED) is 0.565.